The molecule has 6 heteroatoms. The Morgan fingerprint density at radius 1 is 1.00 bits per heavy atom. The fraction of sp³-hybridized carbons (Fsp3) is 0.100. The number of rotatable bonds is 5. The molecule has 0 bridgehead atoms. The van der Waals surface area contributed by atoms with Gasteiger partial charge in [-0.15, -0.1) is 5.10 Å². The van der Waals surface area contributed by atoms with E-state index < -0.39 is 0 Å². The lowest BCUT2D eigenvalue weighted by atomic mass is 10.1. The summed E-state index contributed by atoms with van der Waals surface area (Å²) in [5.74, 6) is 1.03. The minimum absolute atomic E-state index is 0.262. The molecule has 0 spiro atoms. The number of aromatic hydroxyl groups is 1. The smallest absolute Gasteiger partial charge is 0.153 e. The third-order valence-electron chi connectivity index (χ3n) is 4.12. The maximum atomic E-state index is 9.41. The van der Waals surface area contributed by atoms with E-state index in [1.165, 1.54) is 0 Å². The molecule has 26 heavy (non-hydrogen) atoms. The van der Waals surface area contributed by atoms with Crippen molar-refractivity contribution in [2.45, 2.75) is 13.0 Å². The number of nitrogens with zero attached hydrogens (tertiary/aromatic N) is 3. The van der Waals surface area contributed by atoms with Crippen molar-refractivity contribution in [3.8, 4) is 5.75 Å². The molecule has 0 radical (unpaired) electrons. The van der Waals surface area contributed by atoms with Crippen molar-refractivity contribution in [3.63, 3.8) is 0 Å². The Morgan fingerprint density at radius 2 is 1.85 bits per heavy atom. The number of hydrogen-bond donors (Lipinski definition) is 2. The second-order valence-electron chi connectivity index (χ2n) is 6.06. The summed E-state index contributed by atoms with van der Waals surface area (Å²) in [5.41, 5.74) is 3.96. The molecule has 0 saturated carbocycles. The predicted octanol–water partition coefficient (Wildman–Crippen LogP) is 4.29. The van der Waals surface area contributed by atoms with E-state index in [4.69, 9.17) is 11.6 Å². The van der Waals surface area contributed by atoms with Crippen molar-refractivity contribution in [1.82, 2.24) is 14.6 Å². The van der Waals surface area contributed by atoms with Crippen LogP contribution in [0, 0.1) is 0 Å². The molecule has 4 rings (SSSR count). The van der Waals surface area contributed by atoms with Crippen LogP contribution in [0.3, 0.4) is 0 Å². The van der Waals surface area contributed by atoms with E-state index in [9.17, 15) is 5.11 Å². The third kappa shape index (κ3) is 3.63. The lowest BCUT2D eigenvalue weighted by molar-refractivity contribution is 0.475. The molecule has 2 aromatic heterocycles. The van der Waals surface area contributed by atoms with E-state index in [-0.39, 0.29) is 5.75 Å². The van der Waals surface area contributed by atoms with Crippen LogP contribution in [-0.2, 0) is 13.0 Å². The molecule has 130 valence electrons. The summed E-state index contributed by atoms with van der Waals surface area (Å²) in [6.07, 6.45) is 2.52. The predicted molar refractivity (Wildman–Crippen MR) is 103 cm³/mol. The number of imidazole rings is 1. The van der Waals surface area contributed by atoms with Gasteiger partial charge in [-0.2, -0.15) is 0 Å². The molecule has 2 N–H and O–H groups in total. The van der Waals surface area contributed by atoms with E-state index in [1.54, 1.807) is 12.1 Å². The highest BCUT2D eigenvalue weighted by Crippen LogP contribution is 2.17. The zero-order valence-corrected chi connectivity index (χ0v) is 14.7. The second-order valence-corrected chi connectivity index (χ2v) is 6.50. The highest BCUT2D eigenvalue weighted by Gasteiger charge is 2.07. The molecule has 0 aliphatic carbocycles. The first-order chi connectivity index (χ1) is 12.7. The quantitative estimate of drug-likeness (QED) is 0.554. The normalized spacial score (nSPS) is 11.0. The lowest BCUT2D eigenvalue weighted by Crippen LogP contribution is -2.05. The number of phenols is 1. The Hall–Kier alpha value is -3.05. The first kappa shape index (κ1) is 16.4. The number of fused-ring (bicyclic) bond motifs is 1. The van der Waals surface area contributed by atoms with Crippen LogP contribution in [-0.4, -0.2) is 19.7 Å². The van der Waals surface area contributed by atoms with Crippen molar-refractivity contribution in [3.05, 3.63) is 88.7 Å². The van der Waals surface area contributed by atoms with Crippen LogP contribution >= 0.6 is 11.6 Å². The van der Waals surface area contributed by atoms with Gasteiger partial charge in [0.25, 0.3) is 0 Å². The molecular weight excluding hydrogens is 348 g/mol. The Morgan fingerprint density at radius 3 is 2.65 bits per heavy atom. The summed E-state index contributed by atoms with van der Waals surface area (Å²) in [7, 11) is 0. The van der Waals surface area contributed by atoms with Gasteiger partial charge < -0.3 is 10.4 Å². The standard InChI is InChI=1S/C20H17ClN4O/c21-16-3-1-2-15(10-16)12-22-19-8-9-20-23-13-17(25(20)24-19)11-14-4-6-18(26)7-5-14/h1-10,13,26H,11-12H2,(H,22,24). The number of nitrogens with one attached hydrogen (secondary N) is 1. The second kappa shape index (κ2) is 7.06. The molecule has 2 heterocycles. The van der Waals surface area contributed by atoms with Crippen LogP contribution in [0.5, 0.6) is 5.75 Å². The molecule has 0 aliphatic heterocycles. The minimum Gasteiger partial charge on any atom is -0.508 e. The van der Waals surface area contributed by atoms with Gasteiger partial charge in [-0.25, -0.2) is 9.50 Å². The number of halogens is 1. The topological polar surface area (TPSA) is 62.5 Å². The molecule has 5 nitrogen and oxygen atoms in total. The van der Waals surface area contributed by atoms with Gasteiger partial charge in [0.05, 0.1) is 11.9 Å². The van der Waals surface area contributed by atoms with Gasteiger partial charge in [-0.3, -0.25) is 0 Å². The van der Waals surface area contributed by atoms with Gasteiger partial charge in [-0.1, -0.05) is 35.9 Å². The summed E-state index contributed by atoms with van der Waals surface area (Å²) in [6, 6.07) is 18.8. The van der Waals surface area contributed by atoms with Gasteiger partial charge >= 0.3 is 0 Å². The Balaban J connectivity index is 1.55. The van der Waals surface area contributed by atoms with Crippen molar-refractivity contribution < 1.29 is 5.11 Å². The SMILES string of the molecule is Oc1ccc(Cc2cnc3ccc(NCc4cccc(Cl)c4)nn23)cc1. The summed E-state index contributed by atoms with van der Waals surface area (Å²) in [5, 5.41) is 18.1. The molecule has 0 fully saturated rings. The van der Waals surface area contributed by atoms with Crippen molar-refractivity contribution in [2.24, 2.45) is 0 Å². The summed E-state index contributed by atoms with van der Waals surface area (Å²) < 4.78 is 1.84. The number of hydrogen-bond acceptors (Lipinski definition) is 4. The van der Waals surface area contributed by atoms with E-state index in [0.29, 0.717) is 13.0 Å². The average molecular weight is 365 g/mol. The molecule has 0 aliphatic rings. The van der Waals surface area contributed by atoms with E-state index in [2.05, 4.69) is 15.4 Å². The molecule has 2 aromatic carbocycles. The number of anilines is 1. The largest absolute Gasteiger partial charge is 0.508 e. The summed E-state index contributed by atoms with van der Waals surface area (Å²) in [4.78, 5) is 4.41. The minimum atomic E-state index is 0.262. The van der Waals surface area contributed by atoms with Crippen LogP contribution in [0.2, 0.25) is 5.02 Å². The summed E-state index contributed by atoms with van der Waals surface area (Å²) >= 11 is 6.03. The zero-order chi connectivity index (χ0) is 17.9. The molecule has 4 aromatic rings. The molecular formula is C20H17ClN4O. The van der Waals surface area contributed by atoms with Crippen LogP contribution in [0.4, 0.5) is 5.82 Å². The number of benzene rings is 2. The molecule has 0 amide bonds. The first-order valence-corrected chi connectivity index (χ1v) is 8.65. The van der Waals surface area contributed by atoms with Crippen LogP contribution in [0.15, 0.2) is 66.9 Å². The first-order valence-electron chi connectivity index (χ1n) is 8.27. The maximum absolute atomic E-state index is 9.41. The van der Waals surface area contributed by atoms with Crippen molar-refractivity contribution in [1.29, 1.82) is 0 Å². The van der Waals surface area contributed by atoms with Crippen molar-refractivity contribution >= 4 is 23.1 Å². The lowest BCUT2D eigenvalue weighted by Gasteiger charge is -2.08. The van der Waals surface area contributed by atoms with Gasteiger partial charge in [0.2, 0.25) is 0 Å². The molecule has 0 saturated heterocycles. The van der Waals surface area contributed by atoms with E-state index in [0.717, 1.165) is 33.3 Å². The molecule has 0 atom stereocenters. The highest BCUT2D eigenvalue weighted by molar-refractivity contribution is 6.30. The molecule has 0 unspecified atom stereocenters. The Bertz CT molecular complexity index is 1040. The Labute approximate surface area is 155 Å². The summed E-state index contributed by atoms with van der Waals surface area (Å²) in [6.45, 7) is 0.640. The number of aromatic nitrogens is 3. The highest BCUT2D eigenvalue weighted by atomic mass is 35.5. The van der Waals surface area contributed by atoms with Crippen LogP contribution in [0.25, 0.3) is 5.65 Å². The van der Waals surface area contributed by atoms with Crippen LogP contribution < -0.4 is 5.32 Å². The third-order valence-corrected chi connectivity index (χ3v) is 4.35. The van der Waals surface area contributed by atoms with Crippen molar-refractivity contribution in [2.75, 3.05) is 5.32 Å². The van der Waals surface area contributed by atoms with Gasteiger partial charge in [0.1, 0.15) is 11.6 Å². The average Bonchev–Trinajstić information content (AvgIpc) is 3.04. The van der Waals surface area contributed by atoms with Gasteiger partial charge in [-0.05, 0) is 47.5 Å². The Kier molecular flexibility index (Phi) is 4.46. The fourth-order valence-electron chi connectivity index (χ4n) is 2.80. The monoisotopic (exact) mass is 364 g/mol. The van der Waals surface area contributed by atoms with Crippen LogP contribution in [0.1, 0.15) is 16.8 Å². The van der Waals surface area contributed by atoms with E-state index >= 15 is 0 Å². The van der Waals surface area contributed by atoms with Gasteiger partial charge in [0, 0.05) is 18.0 Å². The zero-order valence-electron chi connectivity index (χ0n) is 13.9. The van der Waals surface area contributed by atoms with Gasteiger partial charge in [0.15, 0.2) is 5.65 Å². The van der Waals surface area contributed by atoms with E-state index in [1.807, 2.05) is 59.2 Å². The maximum Gasteiger partial charge on any atom is 0.153 e. The number of phenolic OH excluding ortho intramolecular Hbond substituents is 1. The fourth-order valence-corrected chi connectivity index (χ4v) is 3.01.